The summed E-state index contributed by atoms with van der Waals surface area (Å²) < 4.78 is 10.8. The highest BCUT2D eigenvalue weighted by Crippen LogP contribution is 2.13. The monoisotopic (exact) mass is 259 g/mol. The minimum atomic E-state index is -1.29. The van der Waals surface area contributed by atoms with E-state index in [1.54, 1.807) is 6.92 Å². The number of ether oxygens (including phenoxy) is 2. The summed E-state index contributed by atoms with van der Waals surface area (Å²) in [4.78, 5) is 22.6. The normalized spacial score (nSPS) is 21.6. The first kappa shape index (κ1) is 14.9. The van der Waals surface area contributed by atoms with Gasteiger partial charge in [0, 0.05) is 6.61 Å². The van der Waals surface area contributed by atoms with Crippen LogP contribution in [0.4, 0.5) is 0 Å². The molecule has 0 aromatic rings. The van der Waals surface area contributed by atoms with E-state index >= 15 is 0 Å². The zero-order valence-corrected chi connectivity index (χ0v) is 11.1. The third-order valence-electron chi connectivity index (χ3n) is 2.90. The van der Waals surface area contributed by atoms with E-state index in [9.17, 15) is 9.59 Å². The van der Waals surface area contributed by atoms with Gasteiger partial charge in [0.2, 0.25) is 5.91 Å². The zero-order valence-electron chi connectivity index (χ0n) is 11.1. The van der Waals surface area contributed by atoms with E-state index in [0.717, 1.165) is 19.4 Å². The third kappa shape index (κ3) is 4.27. The number of hydrogen-bond acceptors (Lipinski definition) is 4. The number of amides is 1. The van der Waals surface area contributed by atoms with Crippen molar-refractivity contribution in [3.8, 4) is 0 Å². The van der Waals surface area contributed by atoms with Gasteiger partial charge in [-0.3, -0.25) is 4.79 Å². The molecular formula is C12H21NO5. The summed E-state index contributed by atoms with van der Waals surface area (Å²) in [6, 6.07) is 0. The maximum Gasteiger partial charge on any atom is 0.328 e. The van der Waals surface area contributed by atoms with E-state index in [-0.39, 0.29) is 6.10 Å². The summed E-state index contributed by atoms with van der Waals surface area (Å²) in [5.74, 6) is -1.51. The Morgan fingerprint density at radius 1 is 1.56 bits per heavy atom. The van der Waals surface area contributed by atoms with Crippen molar-refractivity contribution in [3.05, 3.63) is 0 Å². The molecule has 1 aliphatic heterocycles. The van der Waals surface area contributed by atoms with E-state index in [4.69, 9.17) is 14.6 Å². The van der Waals surface area contributed by atoms with Crippen molar-refractivity contribution >= 4 is 11.9 Å². The molecule has 0 saturated carbocycles. The lowest BCUT2D eigenvalue weighted by Gasteiger charge is -2.24. The number of carbonyl (C=O) groups is 2. The second-order valence-corrected chi connectivity index (χ2v) is 5.03. The average Bonchev–Trinajstić information content (AvgIpc) is 2.77. The highest BCUT2D eigenvalue weighted by atomic mass is 16.5. The molecule has 2 atom stereocenters. The lowest BCUT2D eigenvalue weighted by molar-refractivity contribution is -0.148. The molecule has 1 saturated heterocycles. The molecule has 0 aromatic heterocycles. The molecule has 0 unspecified atom stereocenters. The number of hydrogen-bond donors (Lipinski definition) is 2. The zero-order chi connectivity index (χ0) is 13.8. The fourth-order valence-corrected chi connectivity index (χ4v) is 1.57. The Kier molecular flexibility index (Phi) is 5.10. The molecule has 0 aliphatic carbocycles. The Balaban J connectivity index is 2.34. The SMILES string of the molecule is C[C@H](OC[C@@H]1CCCO1)C(=O)NC(C)(C)C(=O)O. The van der Waals surface area contributed by atoms with E-state index in [1.807, 2.05) is 0 Å². The van der Waals surface area contributed by atoms with Gasteiger partial charge in [-0.15, -0.1) is 0 Å². The summed E-state index contributed by atoms with van der Waals surface area (Å²) in [5.41, 5.74) is -1.29. The van der Waals surface area contributed by atoms with Crippen molar-refractivity contribution < 1.29 is 24.2 Å². The molecule has 0 bridgehead atoms. The summed E-state index contributed by atoms with van der Waals surface area (Å²) >= 11 is 0. The third-order valence-corrected chi connectivity index (χ3v) is 2.90. The number of carbonyl (C=O) groups excluding carboxylic acids is 1. The minimum Gasteiger partial charge on any atom is -0.480 e. The van der Waals surface area contributed by atoms with Crippen molar-refractivity contribution in [2.75, 3.05) is 13.2 Å². The van der Waals surface area contributed by atoms with Crippen LogP contribution < -0.4 is 5.32 Å². The fraction of sp³-hybridized carbons (Fsp3) is 0.833. The molecule has 1 heterocycles. The van der Waals surface area contributed by atoms with Crippen molar-refractivity contribution in [3.63, 3.8) is 0 Å². The molecule has 6 nitrogen and oxygen atoms in total. The van der Waals surface area contributed by atoms with Crippen LogP contribution in [0.5, 0.6) is 0 Å². The molecule has 2 N–H and O–H groups in total. The van der Waals surface area contributed by atoms with E-state index in [2.05, 4.69) is 5.32 Å². The lowest BCUT2D eigenvalue weighted by atomic mass is 10.1. The topological polar surface area (TPSA) is 84.9 Å². The summed E-state index contributed by atoms with van der Waals surface area (Å²) in [6.07, 6.45) is 1.32. The largest absolute Gasteiger partial charge is 0.480 e. The molecule has 1 aliphatic rings. The number of carboxylic acids is 1. The molecule has 1 amide bonds. The lowest BCUT2D eigenvalue weighted by Crippen LogP contribution is -2.52. The Morgan fingerprint density at radius 3 is 2.72 bits per heavy atom. The van der Waals surface area contributed by atoms with Gasteiger partial charge in [0.1, 0.15) is 11.6 Å². The summed E-state index contributed by atoms with van der Waals surface area (Å²) in [6.45, 7) is 5.56. The number of aliphatic carboxylic acids is 1. The molecule has 18 heavy (non-hydrogen) atoms. The predicted molar refractivity (Wildman–Crippen MR) is 64.2 cm³/mol. The first-order valence-electron chi connectivity index (χ1n) is 6.11. The van der Waals surface area contributed by atoms with Crippen molar-refractivity contribution in [1.82, 2.24) is 5.32 Å². The van der Waals surface area contributed by atoms with Gasteiger partial charge in [-0.1, -0.05) is 0 Å². The number of rotatable bonds is 6. The van der Waals surface area contributed by atoms with Crippen molar-refractivity contribution in [1.29, 1.82) is 0 Å². The quantitative estimate of drug-likeness (QED) is 0.727. The predicted octanol–water partition coefficient (Wildman–Crippen LogP) is 0.550. The van der Waals surface area contributed by atoms with Gasteiger partial charge in [0.05, 0.1) is 12.7 Å². The van der Waals surface area contributed by atoms with E-state index in [1.165, 1.54) is 13.8 Å². The van der Waals surface area contributed by atoms with Crippen LogP contribution in [0, 0.1) is 0 Å². The summed E-state index contributed by atoms with van der Waals surface area (Å²) in [7, 11) is 0. The van der Waals surface area contributed by atoms with Crippen LogP contribution in [0.3, 0.4) is 0 Å². The maximum absolute atomic E-state index is 11.7. The first-order chi connectivity index (χ1) is 8.33. The molecule has 0 spiro atoms. The second kappa shape index (κ2) is 6.15. The molecule has 1 fully saturated rings. The van der Waals surface area contributed by atoms with Crippen LogP contribution in [0.2, 0.25) is 0 Å². The van der Waals surface area contributed by atoms with Crippen LogP contribution in [0.15, 0.2) is 0 Å². The van der Waals surface area contributed by atoms with Gasteiger partial charge < -0.3 is 19.9 Å². The molecule has 1 rings (SSSR count). The number of nitrogens with one attached hydrogen (secondary N) is 1. The van der Waals surface area contributed by atoms with Crippen LogP contribution >= 0.6 is 0 Å². The van der Waals surface area contributed by atoms with Gasteiger partial charge in [-0.05, 0) is 33.6 Å². The van der Waals surface area contributed by atoms with Crippen LogP contribution in [0.1, 0.15) is 33.6 Å². The molecule has 6 heteroatoms. The Morgan fingerprint density at radius 2 is 2.22 bits per heavy atom. The first-order valence-corrected chi connectivity index (χ1v) is 6.11. The minimum absolute atomic E-state index is 0.0488. The molecular weight excluding hydrogens is 238 g/mol. The Labute approximate surface area is 107 Å². The Bertz CT molecular complexity index is 310. The fourth-order valence-electron chi connectivity index (χ4n) is 1.57. The highest BCUT2D eigenvalue weighted by molar-refractivity contribution is 5.88. The van der Waals surface area contributed by atoms with E-state index in [0.29, 0.717) is 6.61 Å². The van der Waals surface area contributed by atoms with Gasteiger partial charge >= 0.3 is 5.97 Å². The molecule has 104 valence electrons. The van der Waals surface area contributed by atoms with Crippen molar-refractivity contribution in [2.45, 2.75) is 51.4 Å². The van der Waals surface area contributed by atoms with Gasteiger partial charge in [-0.2, -0.15) is 0 Å². The summed E-state index contributed by atoms with van der Waals surface area (Å²) in [5, 5.41) is 11.3. The molecule has 0 radical (unpaired) electrons. The van der Waals surface area contributed by atoms with Crippen LogP contribution in [0.25, 0.3) is 0 Å². The molecule has 0 aromatic carbocycles. The van der Waals surface area contributed by atoms with Gasteiger partial charge in [-0.25, -0.2) is 4.79 Å². The van der Waals surface area contributed by atoms with Gasteiger partial charge in [0.15, 0.2) is 0 Å². The van der Waals surface area contributed by atoms with Gasteiger partial charge in [0.25, 0.3) is 0 Å². The average molecular weight is 259 g/mol. The van der Waals surface area contributed by atoms with Crippen molar-refractivity contribution in [2.24, 2.45) is 0 Å². The highest BCUT2D eigenvalue weighted by Gasteiger charge is 2.31. The van der Waals surface area contributed by atoms with Crippen LogP contribution in [-0.2, 0) is 19.1 Å². The Hall–Kier alpha value is -1.14. The smallest absolute Gasteiger partial charge is 0.328 e. The standard InChI is InChI=1S/C12H21NO5/c1-8(18-7-9-5-4-6-17-9)10(14)13-12(2,3)11(15)16/h8-9H,4-7H2,1-3H3,(H,13,14)(H,15,16)/t8-,9-/m0/s1. The number of carboxylic acid groups (broad SMARTS) is 1. The van der Waals surface area contributed by atoms with Crippen LogP contribution in [-0.4, -0.2) is 47.9 Å². The van der Waals surface area contributed by atoms with E-state index < -0.39 is 23.5 Å². The second-order valence-electron chi connectivity index (χ2n) is 5.03. The maximum atomic E-state index is 11.7.